The number of rotatable bonds is 5. The van der Waals surface area contributed by atoms with Crippen LogP contribution in [0.15, 0.2) is 53.4 Å². The lowest BCUT2D eigenvalue weighted by Gasteiger charge is -2.37. The molecule has 2 aromatic carbocycles. The van der Waals surface area contributed by atoms with Crippen molar-refractivity contribution in [3.05, 3.63) is 59.7 Å². The number of aryl methyl sites for hydroxylation is 2. The molecule has 0 spiro atoms. The van der Waals surface area contributed by atoms with Gasteiger partial charge in [-0.25, -0.2) is 8.42 Å². The number of hydrogen-bond donors (Lipinski definition) is 1. The Hall–Kier alpha value is -2.22. The largest absolute Gasteiger partial charge is 0.325 e. The zero-order chi connectivity index (χ0) is 20.3. The topological polar surface area (TPSA) is 69.7 Å². The van der Waals surface area contributed by atoms with Gasteiger partial charge in [-0.15, -0.1) is 0 Å². The molecule has 1 atom stereocenters. The van der Waals surface area contributed by atoms with E-state index in [1.165, 1.54) is 4.31 Å². The molecule has 1 aliphatic rings. The van der Waals surface area contributed by atoms with E-state index in [0.29, 0.717) is 31.1 Å². The van der Waals surface area contributed by atoms with Crippen molar-refractivity contribution in [2.75, 3.05) is 31.5 Å². The van der Waals surface area contributed by atoms with Gasteiger partial charge in [-0.05, 0) is 50.1 Å². The summed E-state index contributed by atoms with van der Waals surface area (Å²) in [5.74, 6) is -0.0861. The van der Waals surface area contributed by atoms with Gasteiger partial charge in [-0.2, -0.15) is 4.31 Å². The van der Waals surface area contributed by atoms with Crippen LogP contribution < -0.4 is 5.32 Å². The van der Waals surface area contributed by atoms with Gasteiger partial charge in [-0.3, -0.25) is 9.69 Å². The predicted octanol–water partition coefficient (Wildman–Crippen LogP) is 2.64. The number of amides is 1. The average Bonchev–Trinajstić information content (AvgIpc) is 2.70. The molecule has 1 heterocycles. The zero-order valence-corrected chi connectivity index (χ0v) is 17.4. The molecule has 1 amide bonds. The molecule has 1 saturated heterocycles. The molecule has 1 fully saturated rings. The highest BCUT2D eigenvalue weighted by Gasteiger charge is 2.32. The van der Waals surface area contributed by atoms with Crippen molar-refractivity contribution in [1.82, 2.24) is 9.21 Å². The van der Waals surface area contributed by atoms with Crippen molar-refractivity contribution in [2.45, 2.75) is 31.7 Å². The zero-order valence-electron chi connectivity index (χ0n) is 16.6. The Balaban J connectivity index is 1.63. The van der Waals surface area contributed by atoms with E-state index in [9.17, 15) is 13.2 Å². The second kappa shape index (κ2) is 8.43. The van der Waals surface area contributed by atoms with Gasteiger partial charge in [0.25, 0.3) is 0 Å². The summed E-state index contributed by atoms with van der Waals surface area (Å²) in [5, 5.41) is 2.91. The van der Waals surface area contributed by atoms with Crippen LogP contribution in [0.1, 0.15) is 18.1 Å². The molecule has 0 radical (unpaired) electrons. The third kappa shape index (κ3) is 4.43. The number of para-hydroxylation sites is 1. The van der Waals surface area contributed by atoms with E-state index in [0.717, 1.165) is 16.8 Å². The van der Waals surface area contributed by atoms with Gasteiger partial charge in [0, 0.05) is 31.9 Å². The van der Waals surface area contributed by atoms with Crippen molar-refractivity contribution in [3.63, 3.8) is 0 Å². The molecule has 7 heteroatoms. The number of piperazine rings is 1. The summed E-state index contributed by atoms with van der Waals surface area (Å²) in [6, 6.07) is 14.5. The maximum absolute atomic E-state index is 13.0. The molecule has 2 aromatic rings. The number of carbonyl (C=O) groups excluding carboxylic acids is 1. The van der Waals surface area contributed by atoms with Crippen LogP contribution >= 0.6 is 0 Å². The Morgan fingerprint density at radius 2 is 1.64 bits per heavy atom. The Bertz CT molecular complexity index is 937. The fourth-order valence-electron chi connectivity index (χ4n) is 3.39. The highest BCUT2D eigenvalue weighted by atomic mass is 32.2. The number of sulfonamides is 1. The first kappa shape index (κ1) is 20.5. The lowest BCUT2D eigenvalue weighted by Crippen LogP contribution is -2.54. The first-order valence-corrected chi connectivity index (χ1v) is 10.9. The summed E-state index contributed by atoms with van der Waals surface area (Å²) in [4.78, 5) is 14.9. The second-order valence-corrected chi connectivity index (χ2v) is 9.15. The van der Waals surface area contributed by atoms with Crippen molar-refractivity contribution in [1.29, 1.82) is 0 Å². The van der Waals surface area contributed by atoms with Crippen LogP contribution in [0, 0.1) is 13.8 Å². The molecule has 28 heavy (non-hydrogen) atoms. The number of nitrogens with one attached hydrogen (secondary N) is 1. The van der Waals surface area contributed by atoms with Crippen molar-refractivity contribution in [2.24, 2.45) is 0 Å². The van der Waals surface area contributed by atoms with Gasteiger partial charge < -0.3 is 5.32 Å². The second-order valence-electron chi connectivity index (χ2n) is 7.24. The highest BCUT2D eigenvalue weighted by molar-refractivity contribution is 7.89. The van der Waals surface area contributed by atoms with Crippen molar-refractivity contribution in [3.8, 4) is 0 Å². The van der Waals surface area contributed by atoms with E-state index < -0.39 is 10.0 Å². The summed E-state index contributed by atoms with van der Waals surface area (Å²) < 4.78 is 27.6. The Morgan fingerprint density at radius 1 is 1.00 bits per heavy atom. The van der Waals surface area contributed by atoms with Crippen LogP contribution in [0.2, 0.25) is 0 Å². The number of benzene rings is 2. The first-order valence-electron chi connectivity index (χ1n) is 9.46. The van der Waals surface area contributed by atoms with E-state index in [4.69, 9.17) is 0 Å². The minimum atomic E-state index is -3.53. The number of nitrogens with zero attached hydrogens (tertiary/aromatic N) is 2. The summed E-state index contributed by atoms with van der Waals surface area (Å²) in [6.45, 7) is 7.35. The summed E-state index contributed by atoms with van der Waals surface area (Å²) >= 11 is 0. The van der Waals surface area contributed by atoms with Crippen molar-refractivity contribution >= 4 is 21.6 Å². The first-order chi connectivity index (χ1) is 13.3. The van der Waals surface area contributed by atoms with Crippen LogP contribution in [0.4, 0.5) is 5.69 Å². The van der Waals surface area contributed by atoms with Gasteiger partial charge in [0.15, 0.2) is 0 Å². The van der Waals surface area contributed by atoms with Gasteiger partial charge in [-0.1, -0.05) is 30.3 Å². The van der Waals surface area contributed by atoms with E-state index in [1.807, 2.05) is 68.1 Å². The van der Waals surface area contributed by atoms with E-state index in [-0.39, 0.29) is 11.9 Å². The molecule has 1 N–H and O–H groups in total. The molecular formula is C21H27N3O3S. The Labute approximate surface area is 167 Å². The minimum absolute atomic E-state index is 0.0861. The number of carbonyl (C=O) groups is 1. The molecule has 0 unspecified atom stereocenters. The van der Waals surface area contributed by atoms with E-state index in [1.54, 1.807) is 6.07 Å². The van der Waals surface area contributed by atoms with Gasteiger partial charge in [0.1, 0.15) is 0 Å². The predicted molar refractivity (Wildman–Crippen MR) is 111 cm³/mol. The van der Waals surface area contributed by atoms with E-state index in [2.05, 4.69) is 5.32 Å². The quantitative estimate of drug-likeness (QED) is 0.836. The van der Waals surface area contributed by atoms with Gasteiger partial charge in [0.2, 0.25) is 15.9 Å². The van der Waals surface area contributed by atoms with Crippen LogP contribution in [-0.4, -0.2) is 55.8 Å². The van der Waals surface area contributed by atoms with Crippen LogP contribution in [0.25, 0.3) is 0 Å². The number of anilines is 1. The maximum Gasteiger partial charge on any atom is 0.243 e. The van der Waals surface area contributed by atoms with Gasteiger partial charge >= 0.3 is 0 Å². The fraction of sp³-hybridized carbons (Fsp3) is 0.381. The smallest absolute Gasteiger partial charge is 0.243 e. The third-order valence-corrected chi connectivity index (χ3v) is 7.24. The minimum Gasteiger partial charge on any atom is -0.325 e. The van der Waals surface area contributed by atoms with E-state index >= 15 is 0 Å². The monoisotopic (exact) mass is 401 g/mol. The number of hydrogen-bond acceptors (Lipinski definition) is 4. The SMILES string of the molecule is Cc1ccc(C)c(S(=O)(=O)N2CCN([C@@H](C)C(=O)Nc3ccccc3)CC2)c1. The molecule has 1 aliphatic heterocycles. The lowest BCUT2D eigenvalue weighted by molar-refractivity contribution is -0.121. The molecule has 3 rings (SSSR count). The Morgan fingerprint density at radius 3 is 2.29 bits per heavy atom. The van der Waals surface area contributed by atoms with Crippen LogP contribution in [0.5, 0.6) is 0 Å². The molecule has 0 aromatic heterocycles. The fourth-order valence-corrected chi connectivity index (χ4v) is 5.12. The van der Waals surface area contributed by atoms with Crippen molar-refractivity contribution < 1.29 is 13.2 Å². The molecule has 0 saturated carbocycles. The van der Waals surface area contributed by atoms with Crippen LogP contribution in [0.3, 0.4) is 0 Å². The van der Waals surface area contributed by atoms with Crippen LogP contribution in [-0.2, 0) is 14.8 Å². The normalized spacial score (nSPS) is 17.2. The summed E-state index contributed by atoms with van der Waals surface area (Å²) in [7, 11) is -3.53. The molecule has 150 valence electrons. The standard InChI is InChI=1S/C21H27N3O3S/c1-16-9-10-17(2)20(15-16)28(26,27)24-13-11-23(12-14-24)18(3)21(25)22-19-7-5-4-6-8-19/h4-10,15,18H,11-14H2,1-3H3,(H,22,25)/t18-/m0/s1. The Kier molecular flexibility index (Phi) is 6.17. The average molecular weight is 402 g/mol. The molecular weight excluding hydrogens is 374 g/mol. The lowest BCUT2D eigenvalue weighted by atomic mass is 10.2. The molecule has 0 aliphatic carbocycles. The van der Waals surface area contributed by atoms with Gasteiger partial charge in [0.05, 0.1) is 10.9 Å². The molecule has 0 bridgehead atoms. The summed E-state index contributed by atoms with van der Waals surface area (Å²) in [6.07, 6.45) is 0. The molecule has 6 nitrogen and oxygen atoms in total. The summed E-state index contributed by atoms with van der Waals surface area (Å²) in [5.41, 5.74) is 2.44. The maximum atomic E-state index is 13.0. The third-order valence-electron chi connectivity index (χ3n) is 5.20. The highest BCUT2D eigenvalue weighted by Crippen LogP contribution is 2.23.